The van der Waals surface area contributed by atoms with Crippen molar-refractivity contribution in [3.05, 3.63) is 53.4 Å². The van der Waals surface area contributed by atoms with Gasteiger partial charge in [0.05, 0.1) is 5.70 Å². The third-order valence-corrected chi connectivity index (χ3v) is 5.04. The standard InChI is InChI=1S/C21H22N6O3/c1-12-17(18(27-30-12)13-5-3-2-4-6-13)20(28)25-15-11-16(22)26-19(15)21(29)24-14-7-9-23-10-8-14/h2-6,11,14,22-23H,7-10H2,1H3,(H,24,29)(H,25,28). The van der Waals surface area contributed by atoms with E-state index in [4.69, 9.17) is 9.93 Å². The van der Waals surface area contributed by atoms with Gasteiger partial charge < -0.3 is 20.5 Å². The van der Waals surface area contributed by atoms with Gasteiger partial charge in [0.1, 0.15) is 22.9 Å². The lowest BCUT2D eigenvalue weighted by molar-refractivity contribution is -0.115. The van der Waals surface area contributed by atoms with Crippen molar-refractivity contribution < 1.29 is 14.1 Å². The molecule has 4 rings (SSSR count). The summed E-state index contributed by atoms with van der Waals surface area (Å²) in [5.41, 5.74) is 1.65. The molecule has 30 heavy (non-hydrogen) atoms. The fourth-order valence-corrected chi connectivity index (χ4v) is 3.52. The predicted molar refractivity (Wildman–Crippen MR) is 111 cm³/mol. The van der Waals surface area contributed by atoms with E-state index < -0.39 is 11.8 Å². The first kappa shape index (κ1) is 19.7. The summed E-state index contributed by atoms with van der Waals surface area (Å²) in [6.07, 6.45) is 3.00. The van der Waals surface area contributed by atoms with Crippen molar-refractivity contribution in [3.8, 4) is 11.3 Å². The molecule has 0 unspecified atom stereocenters. The van der Waals surface area contributed by atoms with Crippen molar-refractivity contribution in [1.29, 1.82) is 5.41 Å². The molecule has 2 aliphatic heterocycles. The Morgan fingerprint density at radius 2 is 1.90 bits per heavy atom. The van der Waals surface area contributed by atoms with Crippen LogP contribution in [0.15, 0.2) is 51.6 Å². The van der Waals surface area contributed by atoms with E-state index in [1.807, 2.05) is 30.3 Å². The van der Waals surface area contributed by atoms with Crippen LogP contribution in [0.2, 0.25) is 0 Å². The highest BCUT2D eigenvalue weighted by Gasteiger charge is 2.29. The third-order valence-electron chi connectivity index (χ3n) is 5.04. The van der Waals surface area contributed by atoms with Gasteiger partial charge in [-0.3, -0.25) is 15.0 Å². The molecule has 1 aromatic carbocycles. The first-order valence-electron chi connectivity index (χ1n) is 9.77. The summed E-state index contributed by atoms with van der Waals surface area (Å²) in [5, 5.41) is 20.7. The highest BCUT2D eigenvalue weighted by molar-refractivity contribution is 6.49. The van der Waals surface area contributed by atoms with Gasteiger partial charge in [-0.15, -0.1) is 0 Å². The lowest BCUT2D eigenvalue weighted by Crippen LogP contribution is -2.46. The molecule has 2 aliphatic rings. The van der Waals surface area contributed by atoms with Gasteiger partial charge in [-0.25, -0.2) is 4.99 Å². The largest absolute Gasteiger partial charge is 0.360 e. The van der Waals surface area contributed by atoms with E-state index in [9.17, 15) is 9.59 Å². The number of amidine groups is 1. The highest BCUT2D eigenvalue weighted by Crippen LogP contribution is 2.25. The van der Waals surface area contributed by atoms with E-state index in [1.54, 1.807) is 6.92 Å². The number of nitrogens with zero attached hydrogens (tertiary/aromatic N) is 2. The van der Waals surface area contributed by atoms with Crippen molar-refractivity contribution in [3.63, 3.8) is 0 Å². The van der Waals surface area contributed by atoms with Gasteiger partial charge in [0.2, 0.25) is 0 Å². The fourth-order valence-electron chi connectivity index (χ4n) is 3.52. The maximum Gasteiger partial charge on any atom is 0.272 e. The SMILES string of the molecule is Cc1onc(-c2ccccc2)c1C(=O)NC1=CC(=N)N=C1C(=O)NC1CCNCC1. The molecule has 1 aromatic heterocycles. The number of amides is 2. The molecule has 2 aromatic rings. The maximum atomic E-state index is 13.0. The van der Waals surface area contributed by atoms with Crippen LogP contribution in [0.4, 0.5) is 0 Å². The van der Waals surface area contributed by atoms with E-state index >= 15 is 0 Å². The van der Waals surface area contributed by atoms with Crippen molar-refractivity contribution in [2.24, 2.45) is 4.99 Å². The second kappa shape index (κ2) is 8.42. The maximum absolute atomic E-state index is 13.0. The van der Waals surface area contributed by atoms with E-state index in [0.29, 0.717) is 11.5 Å². The van der Waals surface area contributed by atoms with Crippen LogP contribution < -0.4 is 16.0 Å². The summed E-state index contributed by atoms with van der Waals surface area (Å²) in [6.45, 7) is 3.32. The second-order valence-corrected chi connectivity index (χ2v) is 7.18. The van der Waals surface area contributed by atoms with Crippen molar-refractivity contribution >= 4 is 23.4 Å². The summed E-state index contributed by atoms with van der Waals surface area (Å²) < 4.78 is 5.24. The normalized spacial score (nSPS) is 16.8. The van der Waals surface area contributed by atoms with Crippen LogP contribution in [0.5, 0.6) is 0 Å². The zero-order chi connectivity index (χ0) is 21.1. The number of carbonyl (C=O) groups excluding carboxylic acids is 2. The highest BCUT2D eigenvalue weighted by atomic mass is 16.5. The summed E-state index contributed by atoms with van der Waals surface area (Å²) in [7, 11) is 0. The first-order chi connectivity index (χ1) is 14.5. The number of hydrogen-bond acceptors (Lipinski definition) is 6. The van der Waals surface area contributed by atoms with Crippen molar-refractivity contribution in [2.75, 3.05) is 13.1 Å². The smallest absolute Gasteiger partial charge is 0.272 e. The molecule has 0 atom stereocenters. The number of benzene rings is 1. The third kappa shape index (κ3) is 4.06. The van der Waals surface area contributed by atoms with Gasteiger partial charge in [0, 0.05) is 17.7 Å². The van der Waals surface area contributed by atoms with Gasteiger partial charge in [-0.1, -0.05) is 35.5 Å². The van der Waals surface area contributed by atoms with Crippen molar-refractivity contribution in [1.82, 2.24) is 21.1 Å². The molecule has 2 amide bonds. The van der Waals surface area contributed by atoms with E-state index in [0.717, 1.165) is 31.5 Å². The molecule has 0 bridgehead atoms. The number of carbonyl (C=O) groups is 2. The molecule has 1 fully saturated rings. The first-order valence-corrected chi connectivity index (χ1v) is 9.77. The lowest BCUT2D eigenvalue weighted by Gasteiger charge is -2.23. The van der Waals surface area contributed by atoms with Crippen LogP contribution in [-0.4, -0.2) is 47.6 Å². The molecular formula is C21H22N6O3. The Kier molecular flexibility index (Phi) is 5.53. The van der Waals surface area contributed by atoms with E-state index in [1.165, 1.54) is 6.08 Å². The van der Waals surface area contributed by atoms with Crippen LogP contribution in [-0.2, 0) is 4.79 Å². The quantitative estimate of drug-likeness (QED) is 0.598. The summed E-state index contributed by atoms with van der Waals surface area (Å²) >= 11 is 0. The van der Waals surface area contributed by atoms with Gasteiger partial charge in [0.15, 0.2) is 5.71 Å². The molecule has 0 spiro atoms. The Morgan fingerprint density at radius 3 is 2.63 bits per heavy atom. The van der Waals surface area contributed by atoms with Crippen LogP contribution in [0.3, 0.4) is 0 Å². The number of aliphatic imine (C=N–C) groups is 1. The van der Waals surface area contributed by atoms with E-state index in [-0.39, 0.29) is 28.8 Å². The van der Waals surface area contributed by atoms with Crippen molar-refractivity contribution in [2.45, 2.75) is 25.8 Å². The molecule has 0 radical (unpaired) electrons. The number of piperidine rings is 1. The Bertz CT molecular complexity index is 1050. The molecule has 3 heterocycles. The molecule has 0 aliphatic carbocycles. The van der Waals surface area contributed by atoms with Crippen LogP contribution in [0, 0.1) is 12.3 Å². The van der Waals surface area contributed by atoms with Crippen LogP contribution in [0.1, 0.15) is 29.0 Å². The zero-order valence-corrected chi connectivity index (χ0v) is 16.5. The molecule has 0 saturated carbocycles. The van der Waals surface area contributed by atoms with E-state index in [2.05, 4.69) is 26.1 Å². The Morgan fingerprint density at radius 1 is 1.17 bits per heavy atom. The minimum Gasteiger partial charge on any atom is -0.360 e. The molecular weight excluding hydrogens is 384 g/mol. The topological polar surface area (TPSA) is 132 Å². The number of nitrogens with one attached hydrogen (secondary N) is 4. The average molecular weight is 406 g/mol. The summed E-state index contributed by atoms with van der Waals surface area (Å²) in [6, 6.07) is 9.26. The monoisotopic (exact) mass is 406 g/mol. The van der Waals surface area contributed by atoms with Crippen LogP contribution >= 0.6 is 0 Å². The second-order valence-electron chi connectivity index (χ2n) is 7.18. The lowest BCUT2D eigenvalue weighted by atomic mass is 10.1. The molecule has 9 nitrogen and oxygen atoms in total. The van der Waals surface area contributed by atoms with Crippen LogP contribution in [0.25, 0.3) is 11.3 Å². The Balaban J connectivity index is 1.52. The molecule has 1 saturated heterocycles. The number of aromatic nitrogens is 1. The Hall–Kier alpha value is -3.59. The number of rotatable bonds is 5. The number of hydrogen-bond donors (Lipinski definition) is 4. The average Bonchev–Trinajstić information content (AvgIpc) is 3.31. The van der Waals surface area contributed by atoms with Gasteiger partial charge in [-0.2, -0.15) is 0 Å². The molecule has 4 N–H and O–H groups in total. The fraction of sp³-hybridized carbons (Fsp3) is 0.286. The number of aryl methyl sites for hydroxylation is 1. The minimum absolute atomic E-state index is 0.0299. The summed E-state index contributed by atoms with van der Waals surface area (Å²) in [4.78, 5) is 29.7. The molecule has 9 heteroatoms. The minimum atomic E-state index is -0.476. The van der Waals surface area contributed by atoms with Gasteiger partial charge >= 0.3 is 0 Å². The Labute approximate surface area is 173 Å². The zero-order valence-electron chi connectivity index (χ0n) is 16.5. The summed E-state index contributed by atoms with van der Waals surface area (Å²) in [5.74, 6) is -0.610. The van der Waals surface area contributed by atoms with Gasteiger partial charge in [-0.05, 0) is 32.9 Å². The molecule has 154 valence electrons. The predicted octanol–water partition coefficient (Wildman–Crippen LogP) is 1.56. The van der Waals surface area contributed by atoms with Gasteiger partial charge in [0.25, 0.3) is 11.8 Å².